The van der Waals surface area contributed by atoms with Crippen LogP contribution in [0.15, 0.2) is 24.3 Å². The molecule has 1 rings (SSSR count). The summed E-state index contributed by atoms with van der Waals surface area (Å²) in [7, 11) is 0. The van der Waals surface area contributed by atoms with E-state index in [9.17, 15) is 4.39 Å². The molecule has 84 valence electrons. The van der Waals surface area contributed by atoms with Gasteiger partial charge >= 0.3 is 0 Å². The van der Waals surface area contributed by atoms with Crippen LogP contribution in [-0.4, -0.2) is 12.6 Å². The lowest BCUT2D eigenvalue weighted by atomic mass is 10.1. The van der Waals surface area contributed by atoms with Crippen molar-refractivity contribution in [3.63, 3.8) is 0 Å². The molecule has 1 nitrogen and oxygen atoms in total. The summed E-state index contributed by atoms with van der Waals surface area (Å²) in [5.41, 5.74) is 1.22. The SMILES string of the molecule is CCNC(C)CCCc1ccc(F)cc1. The van der Waals surface area contributed by atoms with Gasteiger partial charge in [-0.05, 0) is 50.4 Å². The Balaban J connectivity index is 2.22. The highest BCUT2D eigenvalue weighted by Gasteiger charge is 2.00. The fraction of sp³-hybridized carbons (Fsp3) is 0.538. The number of aryl methyl sites for hydroxylation is 1. The van der Waals surface area contributed by atoms with E-state index < -0.39 is 0 Å². The molecule has 0 aliphatic heterocycles. The van der Waals surface area contributed by atoms with Gasteiger partial charge in [-0.15, -0.1) is 0 Å². The summed E-state index contributed by atoms with van der Waals surface area (Å²) in [6.07, 6.45) is 3.36. The summed E-state index contributed by atoms with van der Waals surface area (Å²) in [6, 6.07) is 7.38. The van der Waals surface area contributed by atoms with Crippen LogP contribution in [0.1, 0.15) is 32.3 Å². The van der Waals surface area contributed by atoms with Crippen molar-refractivity contribution >= 4 is 0 Å². The number of rotatable bonds is 6. The maximum absolute atomic E-state index is 12.6. The minimum absolute atomic E-state index is 0.153. The summed E-state index contributed by atoms with van der Waals surface area (Å²) < 4.78 is 12.6. The Bertz CT molecular complexity index is 268. The quantitative estimate of drug-likeness (QED) is 0.759. The third-order valence-electron chi connectivity index (χ3n) is 2.57. The molecule has 0 aliphatic carbocycles. The van der Waals surface area contributed by atoms with Crippen molar-refractivity contribution in [2.24, 2.45) is 0 Å². The maximum atomic E-state index is 12.6. The van der Waals surface area contributed by atoms with E-state index in [1.54, 1.807) is 0 Å². The molecule has 0 saturated carbocycles. The molecule has 0 aliphatic rings. The molecule has 1 unspecified atom stereocenters. The first kappa shape index (κ1) is 12.2. The fourth-order valence-corrected chi connectivity index (χ4v) is 1.71. The van der Waals surface area contributed by atoms with Gasteiger partial charge in [-0.25, -0.2) is 4.39 Å². The molecule has 2 heteroatoms. The highest BCUT2D eigenvalue weighted by molar-refractivity contribution is 5.15. The van der Waals surface area contributed by atoms with Crippen molar-refractivity contribution in [2.75, 3.05) is 6.54 Å². The van der Waals surface area contributed by atoms with Gasteiger partial charge < -0.3 is 5.32 Å². The Hall–Kier alpha value is -0.890. The molecule has 0 radical (unpaired) electrons. The first-order valence-corrected chi connectivity index (χ1v) is 5.70. The van der Waals surface area contributed by atoms with Crippen molar-refractivity contribution in [1.29, 1.82) is 0 Å². The first-order valence-electron chi connectivity index (χ1n) is 5.70. The molecule has 0 heterocycles. The lowest BCUT2D eigenvalue weighted by Gasteiger charge is -2.11. The maximum Gasteiger partial charge on any atom is 0.123 e. The van der Waals surface area contributed by atoms with Crippen molar-refractivity contribution < 1.29 is 4.39 Å². The zero-order chi connectivity index (χ0) is 11.1. The minimum atomic E-state index is -0.153. The Morgan fingerprint density at radius 3 is 2.53 bits per heavy atom. The van der Waals surface area contributed by atoms with Crippen molar-refractivity contribution in [3.8, 4) is 0 Å². The number of hydrogen-bond donors (Lipinski definition) is 1. The molecule has 1 N–H and O–H groups in total. The average molecular weight is 209 g/mol. The van der Waals surface area contributed by atoms with Crippen LogP contribution in [-0.2, 0) is 6.42 Å². The van der Waals surface area contributed by atoms with E-state index in [0.717, 1.165) is 19.4 Å². The van der Waals surface area contributed by atoms with E-state index in [1.165, 1.54) is 24.1 Å². The van der Waals surface area contributed by atoms with E-state index in [-0.39, 0.29) is 5.82 Å². The number of nitrogens with one attached hydrogen (secondary N) is 1. The summed E-state index contributed by atoms with van der Waals surface area (Å²) in [5.74, 6) is -0.153. The molecule has 1 aromatic carbocycles. The Morgan fingerprint density at radius 1 is 1.27 bits per heavy atom. The number of hydrogen-bond acceptors (Lipinski definition) is 1. The lowest BCUT2D eigenvalue weighted by Crippen LogP contribution is -2.25. The number of benzene rings is 1. The van der Waals surface area contributed by atoms with Gasteiger partial charge in [0.1, 0.15) is 5.82 Å². The molecule has 0 spiro atoms. The molecule has 0 amide bonds. The second kappa shape index (κ2) is 6.57. The average Bonchev–Trinajstić information content (AvgIpc) is 2.21. The third kappa shape index (κ3) is 4.93. The Kier molecular flexibility index (Phi) is 5.33. The predicted molar refractivity (Wildman–Crippen MR) is 62.5 cm³/mol. The molecular formula is C13H20FN. The van der Waals surface area contributed by atoms with Gasteiger partial charge in [-0.2, -0.15) is 0 Å². The summed E-state index contributed by atoms with van der Waals surface area (Å²) in [6.45, 7) is 5.35. The van der Waals surface area contributed by atoms with Gasteiger partial charge in [0.2, 0.25) is 0 Å². The van der Waals surface area contributed by atoms with Gasteiger partial charge in [-0.1, -0.05) is 19.1 Å². The molecule has 0 fully saturated rings. The molecule has 1 aromatic rings. The zero-order valence-corrected chi connectivity index (χ0v) is 9.59. The summed E-state index contributed by atoms with van der Waals surface area (Å²) in [5, 5.41) is 3.38. The molecule has 0 saturated heterocycles. The monoisotopic (exact) mass is 209 g/mol. The second-order valence-corrected chi connectivity index (χ2v) is 3.98. The van der Waals surface area contributed by atoms with Crippen LogP contribution in [0.2, 0.25) is 0 Å². The smallest absolute Gasteiger partial charge is 0.123 e. The molecule has 0 bridgehead atoms. The van der Waals surface area contributed by atoms with E-state index in [0.29, 0.717) is 6.04 Å². The van der Waals surface area contributed by atoms with Crippen LogP contribution in [0.5, 0.6) is 0 Å². The molecule has 15 heavy (non-hydrogen) atoms. The van der Waals surface area contributed by atoms with E-state index >= 15 is 0 Å². The minimum Gasteiger partial charge on any atom is -0.315 e. The highest BCUT2D eigenvalue weighted by Crippen LogP contribution is 2.08. The number of halogens is 1. The standard InChI is InChI=1S/C13H20FN/c1-3-15-11(2)5-4-6-12-7-9-13(14)10-8-12/h7-11,15H,3-6H2,1-2H3. The van der Waals surface area contributed by atoms with E-state index in [1.807, 2.05) is 12.1 Å². The third-order valence-corrected chi connectivity index (χ3v) is 2.57. The van der Waals surface area contributed by atoms with Crippen LogP contribution in [0.3, 0.4) is 0 Å². The molecular weight excluding hydrogens is 189 g/mol. The highest BCUT2D eigenvalue weighted by atomic mass is 19.1. The predicted octanol–water partition coefficient (Wildman–Crippen LogP) is 3.15. The second-order valence-electron chi connectivity index (χ2n) is 3.98. The van der Waals surface area contributed by atoms with Crippen LogP contribution in [0.25, 0.3) is 0 Å². The topological polar surface area (TPSA) is 12.0 Å². The largest absolute Gasteiger partial charge is 0.315 e. The molecule has 0 aromatic heterocycles. The molecule has 1 atom stereocenters. The summed E-state index contributed by atoms with van der Waals surface area (Å²) >= 11 is 0. The van der Waals surface area contributed by atoms with Gasteiger partial charge in [0, 0.05) is 6.04 Å². The normalized spacial score (nSPS) is 12.7. The Morgan fingerprint density at radius 2 is 1.93 bits per heavy atom. The Labute approximate surface area is 91.7 Å². The van der Waals surface area contributed by atoms with Crippen molar-refractivity contribution in [1.82, 2.24) is 5.32 Å². The van der Waals surface area contributed by atoms with E-state index in [4.69, 9.17) is 0 Å². The van der Waals surface area contributed by atoms with Crippen LogP contribution in [0.4, 0.5) is 4.39 Å². The van der Waals surface area contributed by atoms with Gasteiger partial charge in [-0.3, -0.25) is 0 Å². The lowest BCUT2D eigenvalue weighted by molar-refractivity contribution is 0.512. The summed E-state index contributed by atoms with van der Waals surface area (Å²) in [4.78, 5) is 0. The van der Waals surface area contributed by atoms with E-state index in [2.05, 4.69) is 19.2 Å². The van der Waals surface area contributed by atoms with Gasteiger partial charge in [0.15, 0.2) is 0 Å². The van der Waals surface area contributed by atoms with Crippen molar-refractivity contribution in [2.45, 2.75) is 39.2 Å². The van der Waals surface area contributed by atoms with Crippen molar-refractivity contribution in [3.05, 3.63) is 35.6 Å². The first-order chi connectivity index (χ1) is 7.22. The van der Waals surface area contributed by atoms with Gasteiger partial charge in [0.05, 0.1) is 0 Å². The van der Waals surface area contributed by atoms with Gasteiger partial charge in [0.25, 0.3) is 0 Å². The van der Waals surface area contributed by atoms with Crippen LogP contribution in [0, 0.1) is 5.82 Å². The zero-order valence-electron chi connectivity index (χ0n) is 9.59. The van der Waals surface area contributed by atoms with Crippen LogP contribution >= 0.6 is 0 Å². The fourth-order valence-electron chi connectivity index (χ4n) is 1.71. The van der Waals surface area contributed by atoms with Crippen LogP contribution < -0.4 is 5.32 Å².